The Hall–Kier alpha value is -0.930. The number of nitrogens with one attached hydrogen (secondary N) is 1. The van der Waals surface area contributed by atoms with Crippen LogP contribution >= 0.6 is 0 Å². The summed E-state index contributed by atoms with van der Waals surface area (Å²) < 4.78 is 0. The van der Waals surface area contributed by atoms with Crippen LogP contribution in [0.2, 0.25) is 0 Å². The van der Waals surface area contributed by atoms with Crippen molar-refractivity contribution in [2.24, 2.45) is 0 Å². The highest BCUT2D eigenvalue weighted by Crippen LogP contribution is 2.21. The van der Waals surface area contributed by atoms with Gasteiger partial charge in [0.2, 0.25) is 0 Å². The summed E-state index contributed by atoms with van der Waals surface area (Å²) in [5, 5.41) is 13.4. The summed E-state index contributed by atoms with van der Waals surface area (Å²) in [5.41, 5.74) is 1.18. The molecule has 2 rings (SSSR count). The van der Waals surface area contributed by atoms with E-state index >= 15 is 0 Å². The van der Waals surface area contributed by atoms with Gasteiger partial charge in [-0.1, -0.05) is 18.9 Å². The van der Waals surface area contributed by atoms with Crippen molar-refractivity contribution in [3.8, 4) is 0 Å². The molecule has 1 aliphatic carbocycles. The second-order valence-corrected chi connectivity index (χ2v) is 4.63. The standard InChI is InChI=1S/C13H20N2O/c1-10(11-5-4-8-14-9-11)15-12-6-2-3-7-13(12)16/h4-5,8-10,12-13,15-16H,2-3,6-7H2,1H3/t10-,12+,13+/m0/s1. The van der Waals surface area contributed by atoms with Gasteiger partial charge in [-0.25, -0.2) is 0 Å². The third-order valence-electron chi connectivity index (χ3n) is 3.38. The third-order valence-corrected chi connectivity index (χ3v) is 3.38. The minimum atomic E-state index is -0.187. The number of hydrogen-bond acceptors (Lipinski definition) is 3. The van der Waals surface area contributed by atoms with Crippen molar-refractivity contribution in [3.05, 3.63) is 30.1 Å². The topological polar surface area (TPSA) is 45.1 Å². The highest BCUT2D eigenvalue weighted by atomic mass is 16.3. The molecule has 1 heterocycles. The van der Waals surface area contributed by atoms with Crippen molar-refractivity contribution in [2.75, 3.05) is 0 Å². The molecule has 1 fully saturated rings. The quantitative estimate of drug-likeness (QED) is 0.819. The van der Waals surface area contributed by atoms with Crippen LogP contribution in [0.1, 0.15) is 44.2 Å². The van der Waals surface area contributed by atoms with E-state index in [4.69, 9.17) is 0 Å². The lowest BCUT2D eigenvalue weighted by Crippen LogP contribution is -2.43. The highest BCUT2D eigenvalue weighted by Gasteiger charge is 2.24. The molecule has 0 saturated heterocycles. The maximum Gasteiger partial charge on any atom is 0.0693 e. The summed E-state index contributed by atoms with van der Waals surface area (Å²) in [6, 6.07) is 4.51. The molecule has 88 valence electrons. The molecule has 0 spiro atoms. The Labute approximate surface area is 96.9 Å². The molecular weight excluding hydrogens is 200 g/mol. The van der Waals surface area contributed by atoms with Crippen molar-refractivity contribution in [2.45, 2.75) is 50.8 Å². The molecule has 0 aliphatic heterocycles. The minimum Gasteiger partial charge on any atom is -0.392 e. The van der Waals surface area contributed by atoms with Crippen LogP contribution in [0.25, 0.3) is 0 Å². The second kappa shape index (κ2) is 5.41. The van der Waals surface area contributed by atoms with Crippen LogP contribution in [0.4, 0.5) is 0 Å². The van der Waals surface area contributed by atoms with Gasteiger partial charge >= 0.3 is 0 Å². The summed E-state index contributed by atoms with van der Waals surface area (Å²) in [7, 11) is 0. The van der Waals surface area contributed by atoms with Gasteiger partial charge in [-0.2, -0.15) is 0 Å². The molecule has 0 unspecified atom stereocenters. The predicted molar refractivity (Wildman–Crippen MR) is 64.1 cm³/mol. The van der Waals surface area contributed by atoms with E-state index < -0.39 is 0 Å². The molecule has 1 aromatic heterocycles. The van der Waals surface area contributed by atoms with Gasteiger partial charge < -0.3 is 10.4 Å². The predicted octanol–water partition coefficient (Wildman–Crippen LogP) is 2.04. The summed E-state index contributed by atoms with van der Waals surface area (Å²) in [6.45, 7) is 2.12. The number of nitrogens with zero attached hydrogens (tertiary/aromatic N) is 1. The lowest BCUT2D eigenvalue weighted by Gasteiger charge is -2.31. The number of aromatic nitrogens is 1. The van der Waals surface area contributed by atoms with Gasteiger partial charge in [-0.3, -0.25) is 4.98 Å². The van der Waals surface area contributed by atoms with E-state index in [0.717, 1.165) is 19.3 Å². The Bertz CT molecular complexity index is 315. The molecule has 1 aromatic rings. The van der Waals surface area contributed by atoms with Gasteiger partial charge in [0.15, 0.2) is 0 Å². The Morgan fingerprint density at radius 1 is 1.44 bits per heavy atom. The van der Waals surface area contributed by atoms with E-state index in [2.05, 4.69) is 23.3 Å². The number of rotatable bonds is 3. The maximum absolute atomic E-state index is 9.89. The fourth-order valence-corrected chi connectivity index (χ4v) is 2.36. The summed E-state index contributed by atoms with van der Waals surface area (Å²) in [4.78, 5) is 4.12. The Morgan fingerprint density at radius 2 is 2.25 bits per heavy atom. The molecule has 0 aromatic carbocycles. The van der Waals surface area contributed by atoms with Crippen LogP contribution in [0.3, 0.4) is 0 Å². The number of aliphatic hydroxyl groups is 1. The third kappa shape index (κ3) is 2.80. The van der Waals surface area contributed by atoms with Crippen molar-refractivity contribution in [1.82, 2.24) is 10.3 Å². The molecule has 0 radical (unpaired) electrons. The van der Waals surface area contributed by atoms with E-state index in [0.29, 0.717) is 0 Å². The summed E-state index contributed by atoms with van der Waals surface area (Å²) in [5.74, 6) is 0. The van der Waals surface area contributed by atoms with Crippen molar-refractivity contribution >= 4 is 0 Å². The molecule has 1 saturated carbocycles. The van der Waals surface area contributed by atoms with Gasteiger partial charge in [0.05, 0.1) is 6.10 Å². The van der Waals surface area contributed by atoms with Crippen molar-refractivity contribution in [1.29, 1.82) is 0 Å². The summed E-state index contributed by atoms with van der Waals surface area (Å²) >= 11 is 0. The van der Waals surface area contributed by atoms with Crippen LogP contribution in [-0.2, 0) is 0 Å². The van der Waals surface area contributed by atoms with Gasteiger partial charge in [-0.15, -0.1) is 0 Å². The summed E-state index contributed by atoms with van der Waals surface area (Å²) in [6.07, 6.45) is 7.85. The molecule has 3 atom stereocenters. The zero-order valence-electron chi connectivity index (χ0n) is 9.76. The van der Waals surface area contributed by atoms with E-state index in [1.165, 1.54) is 12.0 Å². The number of hydrogen-bond donors (Lipinski definition) is 2. The van der Waals surface area contributed by atoms with Crippen LogP contribution in [0.15, 0.2) is 24.5 Å². The normalized spacial score (nSPS) is 27.6. The molecule has 3 nitrogen and oxygen atoms in total. The van der Waals surface area contributed by atoms with Gasteiger partial charge in [0.25, 0.3) is 0 Å². The van der Waals surface area contributed by atoms with Crippen LogP contribution in [0.5, 0.6) is 0 Å². The monoisotopic (exact) mass is 220 g/mol. The second-order valence-electron chi connectivity index (χ2n) is 4.63. The van der Waals surface area contributed by atoms with Crippen molar-refractivity contribution < 1.29 is 5.11 Å². The van der Waals surface area contributed by atoms with Crippen molar-refractivity contribution in [3.63, 3.8) is 0 Å². The van der Waals surface area contributed by atoms with E-state index in [1.807, 2.05) is 12.3 Å². The zero-order valence-corrected chi connectivity index (χ0v) is 9.76. The molecule has 0 amide bonds. The fraction of sp³-hybridized carbons (Fsp3) is 0.615. The smallest absolute Gasteiger partial charge is 0.0693 e. The minimum absolute atomic E-state index is 0.187. The number of aliphatic hydroxyl groups excluding tert-OH is 1. The Balaban J connectivity index is 1.94. The van der Waals surface area contributed by atoms with E-state index in [1.54, 1.807) is 6.20 Å². The lowest BCUT2D eigenvalue weighted by atomic mass is 9.91. The zero-order chi connectivity index (χ0) is 11.4. The average Bonchev–Trinajstić information content (AvgIpc) is 2.33. The van der Waals surface area contributed by atoms with Crippen LogP contribution < -0.4 is 5.32 Å². The average molecular weight is 220 g/mol. The first-order chi connectivity index (χ1) is 7.77. The van der Waals surface area contributed by atoms with E-state index in [9.17, 15) is 5.11 Å². The van der Waals surface area contributed by atoms with Crippen LogP contribution in [0, 0.1) is 0 Å². The Kier molecular flexibility index (Phi) is 3.91. The largest absolute Gasteiger partial charge is 0.392 e. The first-order valence-corrected chi connectivity index (χ1v) is 6.11. The number of pyridine rings is 1. The first kappa shape index (κ1) is 11.6. The van der Waals surface area contributed by atoms with E-state index in [-0.39, 0.29) is 18.2 Å². The van der Waals surface area contributed by atoms with Gasteiger partial charge in [-0.05, 0) is 31.4 Å². The first-order valence-electron chi connectivity index (χ1n) is 6.11. The fourth-order valence-electron chi connectivity index (χ4n) is 2.36. The molecule has 0 bridgehead atoms. The van der Waals surface area contributed by atoms with Crippen LogP contribution in [-0.4, -0.2) is 22.2 Å². The van der Waals surface area contributed by atoms with Gasteiger partial charge in [0, 0.05) is 24.5 Å². The maximum atomic E-state index is 9.89. The van der Waals surface area contributed by atoms with Gasteiger partial charge in [0.1, 0.15) is 0 Å². The molecular formula is C13H20N2O. The SMILES string of the molecule is C[C@H](N[C@@H]1CCCC[C@H]1O)c1cccnc1. The Morgan fingerprint density at radius 3 is 2.94 bits per heavy atom. The molecule has 2 N–H and O–H groups in total. The lowest BCUT2D eigenvalue weighted by molar-refractivity contribution is 0.0859. The molecule has 1 aliphatic rings. The molecule has 3 heteroatoms. The molecule has 16 heavy (non-hydrogen) atoms. The highest BCUT2D eigenvalue weighted by molar-refractivity contribution is 5.13.